The molecule has 1 N–H and O–H groups in total. The Balaban J connectivity index is 2.60. The largest absolute Gasteiger partial charge is 0.502 e. The SMILES string of the molecule is COCc1cc(=O)c(O)c([C@H](CC(=O)OC)c2ccc(OC(F)F)c(OC)c2)o1. The van der Waals surface area contributed by atoms with Gasteiger partial charge in [0.25, 0.3) is 0 Å². The Morgan fingerprint density at radius 1 is 1.17 bits per heavy atom. The number of carbonyl (C=O) groups excluding carboxylic acids is 1. The third-order valence-electron chi connectivity index (χ3n) is 4.01. The summed E-state index contributed by atoms with van der Waals surface area (Å²) in [6.45, 7) is -3.11. The first-order valence-corrected chi connectivity index (χ1v) is 8.35. The highest BCUT2D eigenvalue weighted by Crippen LogP contribution is 2.38. The minimum atomic E-state index is -3.06. The lowest BCUT2D eigenvalue weighted by Crippen LogP contribution is -2.14. The fraction of sp³-hybridized carbons (Fsp3) is 0.368. The first kappa shape index (κ1) is 22.2. The summed E-state index contributed by atoms with van der Waals surface area (Å²) >= 11 is 0. The van der Waals surface area contributed by atoms with Gasteiger partial charge in [-0.1, -0.05) is 6.07 Å². The number of aromatic hydroxyl groups is 1. The molecule has 0 radical (unpaired) electrons. The van der Waals surface area contributed by atoms with Crippen LogP contribution >= 0.6 is 0 Å². The van der Waals surface area contributed by atoms with Gasteiger partial charge in [-0.3, -0.25) is 9.59 Å². The van der Waals surface area contributed by atoms with Gasteiger partial charge < -0.3 is 28.5 Å². The maximum atomic E-state index is 12.6. The van der Waals surface area contributed by atoms with E-state index in [9.17, 15) is 23.5 Å². The zero-order valence-electron chi connectivity index (χ0n) is 15.9. The molecule has 10 heteroatoms. The molecule has 0 aliphatic carbocycles. The Morgan fingerprint density at radius 3 is 2.48 bits per heavy atom. The van der Waals surface area contributed by atoms with Crippen LogP contribution in [-0.4, -0.2) is 39.0 Å². The number of halogens is 2. The monoisotopic (exact) mass is 414 g/mol. The second-order valence-electron chi connectivity index (χ2n) is 5.84. The predicted molar refractivity (Wildman–Crippen MR) is 95.5 cm³/mol. The summed E-state index contributed by atoms with van der Waals surface area (Å²) in [5.41, 5.74) is -0.389. The maximum absolute atomic E-state index is 12.6. The topological polar surface area (TPSA) is 104 Å². The summed E-state index contributed by atoms with van der Waals surface area (Å²) < 4.78 is 49.8. The molecule has 1 atom stereocenters. The average Bonchev–Trinajstić information content (AvgIpc) is 2.69. The molecular weight excluding hydrogens is 394 g/mol. The standard InChI is InChI=1S/C19H20F2O8/c1-25-9-11-7-13(22)17(24)18(28-11)12(8-16(23)27-3)10-4-5-14(29-19(20)21)15(6-10)26-2/h4-7,12,19,24H,8-9H2,1-3H3/t12-/m1/s1. The van der Waals surface area contributed by atoms with Crippen molar-refractivity contribution in [1.29, 1.82) is 0 Å². The van der Waals surface area contributed by atoms with Gasteiger partial charge in [0.1, 0.15) is 12.4 Å². The molecular formula is C19H20F2O8. The Hall–Kier alpha value is -3.14. The molecule has 1 aromatic heterocycles. The Labute approximate surface area is 164 Å². The van der Waals surface area contributed by atoms with Crippen LogP contribution < -0.4 is 14.9 Å². The number of hydrogen-bond acceptors (Lipinski definition) is 8. The molecule has 1 aromatic carbocycles. The van der Waals surface area contributed by atoms with Crippen LogP contribution in [0.5, 0.6) is 17.2 Å². The van der Waals surface area contributed by atoms with Crippen molar-refractivity contribution in [3.63, 3.8) is 0 Å². The van der Waals surface area contributed by atoms with E-state index in [0.717, 1.165) is 6.07 Å². The Morgan fingerprint density at radius 2 is 1.90 bits per heavy atom. The van der Waals surface area contributed by atoms with Crippen LogP contribution in [0, 0.1) is 0 Å². The van der Waals surface area contributed by atoms with Crippen LogP contribution in [0.3, 0.4) is 0 Å². The summed E-state index contributed by atoms with van der Waals surface area (Å²) in [6.07, 6.45) is -0.304. The quantitative estimate of drug-likeness (QED) is 0.625. The van der Waals surface area contributed by atoms with E-state index >= 15 is 0 Å². The fourth-order valence-electron chi connectivity index (χ4n) is 2.71. The fourth-order valence-corrected chi connectivity index (χ4v) is 2.71. The molecule has 0 spiro atoms. The van der Waals surface area contributed by atoms with Crippen molar-refractivity contribution >= 4 is 5.97 Å². The normalized spacial score (nSPS) is 11.9. The van der Waals surface area contributed by atoms with E-state index in [4.69, 9.17) is 13.9 Å². The molecule has 0 amide bonds. The highest BCUT2D eigenvalue weighted by molar-refractivity contribution is 5.71. The molecule has 0 saturated heterocycles. The summed E-state index contributed by atoms with van der Waals surface area (Å²) in [5.74, 6) is -2.63. The van der Waals surface area contributed by atoms with Gasteiger partial charge in [-0.15, -0.1) is 0 Å². The molecule has 0 fully saturated rings. The van der Waals surface area contributed by atoms with Gasteiger partial charge in [0.15, 0.2) is 17.3 Å². The van der Waals surface area contributed by atoms with E-state index in [0.29, 0.717) is 5.56 Å². The molecule has 2 aromatic rings. The summed E-state index contributed by atoms with van der Waals surface area (Å²) in [7, 11) is 3.82. The van der Waals surface area contributed by atoms with Gasteiger partial charge in [-0.2, -0.15) is 8.78 Å². The van der Waals surface area contributed by atoms with Crippen molar-refractivity contribution < 1.29 is 42.0 Å². The highest BCUT2D eigenvalue weighted by Gasteiger charge is 2.28. The minimum Gasteiger partial charge on any atom is -0.502 e. The zero-order chi connectivity index (χ0) is 21.6. The summed E-state index contributed by atoms with van der Waals surface area (Å²) in [5, 5.41) is 10.3. The Bertz CT molecular complexity index is 910. The lowest BCUT2D eigenvalue weighted by atomic mass is 9.92. The van der Waals surface area contributed by atoms with E-state index in [1.165, 1.54) is 39.5 Å². The number of carbonyl (C=O) groups is 1. The van der Waals surface area contributed by atoms with Crippen molar-refractivity contribution in [3.8, 4) is 17.2 Å². The van der Waals surface area contributed by atoms with Crippen LogP contribution in [-0.2, 0) is 20.9 Å². The van der Waals surface area contributed by atoms with Crippen molar-refractivity contribution in [1.82, 2.24) is 0 Å². The number of esters is 1. The van der Waals surface area contributed by atoms with Gasteiger partial charge in [-0.05, 0) is 17.7 Å². The van der Waals surface area contributed by atoms with Crippen LogP contribution in [0.4, 0.5) is 8.78 Å². The summed E-state index contributed by atoms with van der Waals surface area (Å²) in [4.78, 5) is 24.1. The van der Waals surface area contributed by atoms with Crippen LogP contribution in [0.1, 0.15) is 29.4 Å². The molecule has 0 unspecified atom stereocenters. The molecule has 0 aliphatic heterocycles. The van der Waals surface area contributed by atoms with E-state index in [1.807, 2.05) is 0 Å². The highest BCUT2D eigenvalue weighted by atomic mass is 19.3. The molecule has 0 aliphatic rings. The number of methoxy groups -OCH3 is 3. The number of alkyl halides is 2. The van der Waals surface area contributed by atoms with Gasteiger partial charge in [0, 0.05) is 13.2 Å². The van der Waals surface area contributed by atoms with Gasteiger partial charge >= 0.3 is 12.6 Å². The van der Waals surface area contributed by atoms with Gasteiger partial charge in [-0.25, -0.2) is 0 Å². The lowest BCUT2D eigenvalue weighted by Gasteiger charge is -2.19. The molecule has 0 saturated carbocycles. The number of rotatable bonds is 9. The second-order valence-corrected chi connectivity index (χ2v) is 5.84. The molecule has 8 nitrogen and oxygen atoms in total. The van der Waals surface area contributed by atoms with Crippen molar-refractivity contribution in [3.05, 3.63) is 51.6 Å². The minimum absolute atomic E-state index is 0.0347. The summed E-state index contributed by atoms with van der Waals surface area (Å²) in [6, 6.07) is 5.01. The molecule has 0 bridgehead atoms. The van der Waals surface area contributed by atoms with E-state index in [2.05, 4.69) is 9.47 Å². The maximum Gasteiger partial charge on any atom is 0.387 e. The third kappa shape index (κ3) is 5.44. The van der Waals surface area contributed by atoms with Crippen molar-refractivity contribution in [2.45, 2.75) is 25.6 Å². The lowest BCUT2D eigenvalue weighted by molar-refractivity contribution is -0.140. The van der Waals surface area contributed by atoms with Crippen LogP contribution in [0.2, 0.25) is 0 Å². The first-order chi connectivity index (χ1) is 13.8. The van der Waals surface area contributed by atoms with E-state index in [1.54, 1.807) is 0 Å². The van der Waals surface area contributed by atoms with E-state index in [-0.39, 0.29) is 36.0 Å². The van der Waals surface area contributed by atoms with Gasteiger partial charge in [0.2, 0.25) is 11.2 Å². The van der Waals surface area contributed by atoms with Crippen LogP contribution in [0.25, 0.3) is 0 Å². The number of hydrogen-bond donors (Lipinski definition) is 1. The molecule has 1 heterocycles. The Kier molecular flexibility index (Phi) is 7.54. The van der Waals surface area contributed by atoms with E-state index < -0.39 is 29.7 Å². The number of ether oxygens (including phenoxy) is 4. The first-order valence-electron chi connectivity index (χ1n) is 8.35. The van der Waals surface area contributed by atoms with Gasteiger partial charge in [0.05, 0.1) is 26.6 Å². The zero-order valence-corrected chi connectivity index (χ0v) is 15.9. The van der Waals surface area contributed by atoms with Crippen molar-refractivity contribution in [2.75, 3.05) is 21.3 Å². The average molecular weight is 414 g/mol. The van der Waals surface area contributed by atoms with Crippen molar-refractivity contribution in [2.24, 2.45) is 0 Å². The molecule has 158 valence electrons. The molecule has 2 rings (SSSR count). The second kappa shape index (κ2) is 9.87. The smallest absolute Gasteiger partial charge is 0.387 e. The number of benzene rings is 1. The molecule has 29 heavy (non-hydrogen) atoms. The van der Waals surface area contributed by atoms with Crippen LogP contribution in [0.15, 0.2) is 33.5 Å². The third-order valence-corrected chi connectivity index (χ3v) is 4.01. The predicted octanol–water partition coefficient (Wildman–Crippen LogP) is 2.80.